The molecule has 0 unspecified atom stereocenters. The zero-order valence-electron chi connectivity index (χ0n) is 9.47. The molecule has 2 rings (SSSR count). The third-order valence-corrected chi connectivity index (χ3v) is 5.40. The zero-order chi connectivity index (χ0) is 12.8. The van der Waals surface area contributed by atoms with Gasteiger partial charge in [0.25, 0.3) is 15.9 Å². The van der Waals surface area contributed by atoms with Gasteiger partial charge in [0.2, 0.25) is 0 Å². The average molecular weight is 274 g/mol. The summed E-state index contributed by atoms with van der Waals surface area (Å²) >= 11 is 5.75. The van der Waals surface area contributed by atoms with Gasteiger partial charge < -0.3 is 0 Å². The van der Waals surface area contributed by atoms with Crippen molar-refractivity contribution in [1.82, 2.24) is 4.31 Å². The van der Waals surface area contributed by atoms with Gasteiger partial charge in [-0.3, -0.25) is 4.79 Å². The summed E-state index contributed by atoms with van der Waals surface area (Å²) < 4.78 is 25.4. The topological polar surface area (TPSA) is 54.5 Å². The summed E-state index contributed by atoms with van der Waals surface area (Å²) in [5.74, 6) is -0.461. The first-order valence-electron chi connectivity index (χ1n) is 5.07. The van der Waals surface area contributed by atoms with Crippen molar-refractivity contribution in [3.8, 4) is 0 Å². The Kier molecular flexibility index (Phi) is 2.71. The first-order valence-corrected chi connectivity index (χ1v) is 7.04. The van der Waals surface area contributed by atoms with E-state index >= 15 is 0 Å². The number of alkyl halides is 1. The van der Waals surface area contributed by atoms with Crippen LogP contribution in [-0.4, -0.2) is 30.0 Å². The molecular formula is C11H12ClNO3S. The van der Waals surface area contributed by atoms with Gasteiger partial charge in [0.05, 0.1) is 11.1 Å². The predicted octanol–water partition coefficient (Wildman–Crippen LogP) is 1.85. The summed E-state index contributed by atoms with van der Waals surface area (Å²) in [4.78, 5) is 12.2. The Morgan fingerprint density at radius 3 is 2.41 bits per heavy atom. The minimum Gasteiger partial charge on any atom is -0.268 e. The van der Waals surface area contributed by atoms with Crippen LogP contribution in [0.3, 0.4) is 0 Å². The lowest BCUT2D eigenvalue weighted by molar-refractivity contribution is 0.0790. The third kappa shape index (κ3) is 1.65. The van der Waals surface area contributed by atoms with E-state index in [1.54, 1.807) is 26.0 Å². The summed E-state index contributed by atoms with van der Waals surface area (Å²) in [6.07, 6.45) is 0. The number of benzene rings is 1. The minimum atomic E-state index is -3.77. The third-order valence-electron chi connectivity index (χ3n) is 2.70. The molecule has 0 aliphatic carbocycles. The van der Waals surface area contributed by atoms with E-state index in [-0.39, 0.29) is 16.3 Å². The summed E-state index contributed by atoms with van der Waals surface area (Å²) in [5.41, 5.74) is -0.720. The fourth-order valence-corrected chi connectivity index (χ4v) is 3.94. The van der Waals surface area contributed by atoms with Crippen LogP contribution in [0.5, 0.6) is 0 Å². The predicted molar refractivity (Wildman–Crippen MR) is 64.6 cm³/mol. The van der Waals surface area contributed by atoms with Gasteiger partial charge in [-0.25, -0.2) is 12.7 Å². The number of carbonyl (C=O) groups excluding carboxylic acids is 1. The highest BCUT2D eigenvalue weighted by Crippen LogP contribution is 2.35. The molecule has 0 radical (unpaired) electrons. The monoisotopic (exact) mass is 273 g/mol. The molecule has 0 atom stereocenters. The lowest BCUT2D eigenvalue weighted by Gasteiger charge is -2.31. The van der Waals surface area contributed by atoms with Gasteiger partial charge in [-0.1, -0.05) is 12.1 Å². The van der Waals surface area contributed by atoms with Gasteiger partial charge in [0.15, 0.2) is 0 Å². The van der Waals surface area contributed by atoms with Crippen LogP contribution in [-0.2, 0) is 10.0 Å². The lowest BCUT2D eigenvalue weighted by Crippen LogP contribution is -2.48. The number of halogens is 1. The molecule has 0 spiro atoms. The van der Waals surface area contributed by atoms with Crippen LogP contribution in [0.1, 0.15) is 24.2 Å². The Morgan fingerprint density at radius 2 is 1.88 bits per heavy atom. The molecule has 1 aromatic rings. The maximum absolute atomic E-state index is 12.2. The van der Waals surface area contributed by atoms with Crippen LogP contribution in [0, 0.1) is 0 Å². The van der Waals surface area contributed by atoms with Gasteiger partial charge in [0.1, 0.15) is 4.90 Å². The second kappa shape index (κ2) is 3.71. The van der Waals surface area contributed by atoms with E-state index in [4.69, 9.17) is 11.6 Å². The van der Waals surface area contributed by atoms with Crippen LogP contribution in [0.2, 0.25) is 0 Å². The van der Waals surface area contributed by atoms with E-state index in [0.29, 0.717) is 0 Å². The number of hydrogen-bond donors (Lipinski definition) is 0. The summed E-state index contributed by atoms with van der Waals surface area (Å²) in [6.45, 7) is 3.25. The molecule has 6 heteroatoms. The van der Waals surface area contributed by atoms with E-state index < -0.39 is 21.5 Å². The number of fused-ring (bicyclic) bond motifs is 1. The number of sulfonamides is 1. The van der Waals surface area contributed by atoms with Crippen LogP contribution in [0.15, 0.2) is 29.2 Å². The Bertz CT molecular complexity index is 580. The number of amides is 1. The molecule has 1 amide bonds. The van der Waals surface area contributed by atoms with Crippen molar-refractivity contribution in [2.24, 2.45) is 0 Å². The molecule has 0 aromatic heterocycles. The minimum absolute atomic E-state index is 0.0476. The van der Waals surface area contributed by atoms with Crippen LogP contribution in [0.4, 0.5) is 0 Å². The molecule has 0 fully saturated rings. The van der Waals surface area contributed by atoms with Crippen LogP contribution in [0.25, 0.3) is 0 Å². The second-order valence-corrected chi connectivity index (χ2v) is 6.54. The summed E-state index contributed by atoms with van der Waals surface area (Å²) in [7, 11) is -3.77. The number of rotatable bonds is 2. The maximum atomic E-state index is 12.2. The average Bonchev–Trinajstić information content (AvgIpc) is 2.48. The van der Waals surface area contributed by atoms with E-state index in [1.807, 2.05) is 0 Å². The first kappa shape index (κ1) is 12.4. The van der Waals surface area contributed by atoms with Crippen LogP contribution >= 0.6 is 11.6 Å². The highest BCUT2D eigenvalue weighted by atomic mass is 35.5. The lowest BCUT2D eigenvalue weighted by atomic mass is 10.1. The number of hydrogen-bond acceptors (Lipinski definition) is 3. The largest absolute Gasteiger partial charge is 0.269 e. The second-order valence-electron chi connectivity index (χ2n) is 4.52. The molecule has 17 heavy (non-hydrogen) atoms. The quantitative estimate of drug-likeness (QED) is 0.773. The maximum Gasteiger partial charge on any atom is 0.269 e. The Morgan fingerprint density at radius 1 is 1.29 bits per heavy atom. The summed E-state index contributed by atoms with van der Waals surface area (Å²) in [5, 5.41) is 0. The molecule has 0 N–H and O–H groups in total. The highest BCUT2D eigenvalue weighted by molar-refractivity contribution is 7.90. The zero-order valence-corrected chi connectivity index (χ0v) is 11.0. The van der Waals surface area contributed by atoms with Crippen molar-refractivity contribution in [2.45, 2.75) is 24.3 Å². The van der Waals surface area contributed by atoms with E-state index in [2.05, 4.69) is 0 Å². The number of carbonyl (C=O) groups is 1. The Balaban J connectivity index is 2.68. The molecule has 0 saturated carbocycles. The molecule has 1 aliphatic heterocycles. The molecule has 1 heterocycles. The smallest absolute Gasteiger partial charge is 0.268 e. The van der Waals surface area contributed by atoms with Gasteiger partial charge in [-0.2, -0.15) is 0 Å². The molecule has 1 aliphatic rings. The molecule has 92 valence electrons. The molecular weight excluding hydrogens is 262 g/mol. The first-order chi connectivity index (χ1) is 7.82. The van der Waals surface area contributed by atoms with Crippen molar-refractivity contribution in [3.05, 3.63) is 29.8 Å². The summed E-state index contributed by atoms with van der Waals surface area (Å²) in [6, 6.07) is 6.19. The van der Waals surface area contributed by atoms with Gasteiger partial charge in [0, 0.05) is 5.88 Å². The molecule has 4 nitrogen and oxygen atoms in total. The van der Waals surface area contributed by atoms with Crippen LogP contribution < -0.4 is 0 Å². The van der Waals surface area contributed by atoms with E-state index in [9.17, 15) is 13.2 Å². The normalized spacial score (nSPS) is 18.3. The standard InChI is InChI=1S/C11H12ClNO3S/c1-11(2,7-12)13-10(14)8-5-3-4-6-9(8)17(13,15)16/h3-6H,7H2,1-2H3. The van der Waals surface area contributed by atoms with Crippen molar-refractivity contribution < 1.29 is 13.2 Å². The van der Waals surface area contributed by atoms with Crippen molar-refractivity contribution in [1.29, 1.82) is 0 Å². The van der Waals surface area contributed by atoms with Gasteiger partial charge >= 0.3 is 0 Å². The fourth-order valence-electron chi connectivity index (χ4n) is 1.84. The number of nitrogens with zero attached hydrogens (tertiary/aromatic N) is 1. The molecule has 1 aromatic carbocycles. The van der Waals surface area contributed by atoms with Crippen molar-refractivity contribution in [2.75, 3.05) is 5.88 Å². The van der Waals surface area contributed by atoms with Gasteiger partial charge in [-0.05, 0) is 26.0 Å². The van der Waals surface area contributed by atoms with E-state index in [1.165, 1.54) is 12.1 Å². The molecule has 0 saturated heterocycles. The van der Waals surface area contributed by atoms with Crippen molar-refractivity contribution in [3.63, 3.8) is 0 Å². The van der Waals surface area contributed by atoms with Gasteiger partial charge in [-0.15, -0.1) is 11.6 Å². The Hall–Kier alpha value is -1.07. The SMILES string of the molecule is CC(C)(CCl)N1C(=O)c2ccccc2S1(=O)=O. The Labute approximate surface area is 105 Å². The van der Waals surface area contributed by atoms with E-state index in [0.717, 1.165) is 4.31 Å². The molecule has 0 bridgehead atoms. The van der Waals surface area contributed by atoms with Crippen molar-refractivity contribution >= 4 is 27.5 Å². The highest BCUT2D eigenvalue weighted by Gasteiger charge is 2.48. The fraction of sp³-hybridized carbons (Fsp3) is 0.364.